The summed E-state index contributed by atoms with van der Waals surface area (Å²) in [6.07, 6.45) is 2.13. The summed E-state index contributed by atoms with van der Waals surface area (Å²) in [5, 5.41) is 0. The van der Waals surface area contributed by atoms with Gasteiger partial charge in [0.1, 0.15) is 0 Å². The van der Waals surface area contributed by atoms with Gasteiger partial charge in [-0.15, -0.1) is 0 Å². The molecule has 52 valence electrons. The van der Waals surface area contributed by atoms with Gasteiger partial charge in [-0.25, -0.2) is 0 Å². The van der Waals surface area contributed by atoms with Crippen molar-refractivity contribution in [2.24, 2.45) is 16.6 Å². The monoisotopic (exact) mass is 126 g/mol. The highest BCUT2D eigenvalue weighted by Gasteiger charge is 2.21. The lowest BCUT2D eigenvalue weighted by molar-refractivity contribution is 0.492. The van der Waals surface area contributed by atoms with Gasteiger partial charge in [-0.2, -0.15) is 0 Å². The number of hydrogen-bond donors (Lipinski definition) is 1. The van der Waals surface area contributed by atoms with E-state index in [9.17, 15) is 0 Å². The van der Waals surface area contributed by atoms with E-state index in [0.717, 1.165) is 18.7 Å². The van der Waals surface area contributed by atoms with Crippen LogP contribution in [0.5, 0.6) is 0 Å². The van der Waals surface area contributed by atoms with Crippen LogP contribution in [-0.2, 0) is 0 Å². The first-order chi connectivity index (χ1) is 4.24. The molecule has 0 spiro atoms. The summed E-state index contributed by atoms with van der Waals surface area (Å²) in [5.74, 6) is 1.52. The van der Waals surface area contributed by atoms with E-state index in [-0.39, 0.29) is 0 Å². The number of hydrogen-bond acceptors (Lipinski definition) is 2. The molecule has 0 saturated carbocycles. The Bertz CT molecular complexity index is 129. The maximum Gasteiger partial charge on any atom is 0.0944 e. The van der Waals surface area contributed by atoms with E-state index < -0.39 is 0 Å². The summed E-state index contributed by atoms with van der Waals surface area (Å²) in [6, 6.07) is 0.505. The van der Waals surface area contributed by atoms with Gasteiger partial charge in [-0.05, 0) is 12.3 Å². The van der Waals surface area contributed by atoms with Crippen molar-refractivity contribution >= 4 is 5.84 Å². The standard InChI is InChI=1S/C7H14N2/c1-3-6-5(2)4-7(8)9-6/h5-6H,3-4H2,1-2H3,(H2,8,9)/t5-,6-/m1/s1. The van der Waals surface area contributed by atoms with Gasteiger partial charge in [0.2, 0.25) is 0 Å². The molecule has 0 aromatic rings. The van der Waals surface area contributed by atoms with Crippen LogP contribution < -0.4 is 5.73 Å². The molecule has 2 N–H and O–H groups in total. The van der Waals surface area contributed by atoms with Gasteiger partial charge in [0.25, 0.3) is 0 Å². The molecule has 2 atom stereocenters. The van der Waals surface area contributed by atoms with E-state index in [0.29, 0.717) is 12.0 Å². The van der Waals surface area contributed by atoms with Gasteiger partial charge in [0.15, 0.2) is 0 Å². The van der Waals surface area contributed by atoms with Crippen molar-refractivity contribution in [2.75, 3.05) is 0 Å². The van der Waals surface area contributed by atoms with Crippen LogP contribution >= 0.6 is 0 Å². The van der Waals surface area contributed by atoms with Crippen LogP contribution in [0.25, 0.3) is 0 Å². The number of rotatable bonds is 1. The second kappa shape index (κ2) is 2.38. The Hall–Kier alpha value is -0.530. The molecule has 0 aromatic carbocycles. The molecule has 1 rings (SSSR count). The highest BCUT2D eigenvalue weighted by molar-refractivity contribution is 5.82. The first-order valence-corrected chi connectivity index (χ1v) is 3.56. The minimum absolute atomic E-state index is 0.505. The topological polar surface area (TPSA) is 38.4 Å². The van der Waals surface area contributed by atoms with E-state index in [1.165, 1.54) is 0 Å². The normalized spacial score (nSPS) is 34.7. The Labute approximate surface area is 56.2 Å². The van der Waals surface area contributed by atoms with Gasteiger partial charge in [0.05, 0.1) is 11.9 Å². The zero-order valence-corrected chi connectivity index (χ0v) is 6.09. The maximum atomic E-state index is 5.54. The van der Waals surface area contributed by atoms with Crippen LogP contribution in [0.4, 0.5) is 0 Å². The van der Waals surface area contributed by atoms with E-state index in [1.54, 1.807) is 0 Å². The quantitative estimate of drug-likeness (QED) is 0.562. The summed E-state index contributed by atoms with van der Waals surface area (Å²) in [6.45, 7) is 4.36. The third-order valence-corrected chi connectivity index (χ3v) is 1.94. The van der Waals surface area contributed by atoms with E-state index >= 15 is 0 Å². The van der Waals surface area contributed by atoms with Crippen molar-refractivity contribution in [1.82, 2.24) is 0 Å². The minimum Gasteiger partial charge on any atom is -0.387 e. The van der Waals surface area contributed by atoms with Crippen molar-refractivity contribution in [3.63, 3.8) is 0 Å². The third-order valence-electron chi connectivity index (χ3n) is 1.94. The summed E-state index contributed by atoms with van der Waals surface area (Å²) in [4.78, 5) is 4.28. The fourth-order valence-electron chi connectivity index (χ4n) is 1.35. The zero-order valence-electron chi connectivity index (χ0n) is 6.09. The molecule has 1 heterocycles. The number of nitrogens with zero attached hydrogens (tertiary/aromatic N) is 1. The average molecular weight is 126 g/mol. The van der Waals surface area contributed by atoms with E-state index in [4.69, 9.17) is 5.73 Å². The van der Waals surface area contributed by atoms with Crippen LogP contribution in [0.15, 0.2) is 4.99 Å². The lowest BCUT2D eigenvalue weighted by Gasteiger charge is -2.07. The summed E-state index contributed by atoms with van der Waals surface area (Å²) < 4.78 is 0. The van der Waals surface area contributed by atoms with Crippen LogP contribution in [0.1, 0.15) is 26.7 Å². The molecule has 9 heavy (non-hydrogen) atoms. The first kappa shape index (κ1) is 6.59. The number of nitrogens with two attached hydrogens (primary N) is 1. The fraction of sp³-hybridized carbons (Fsp3) is 0.857. The summed E-state index contributed by atoms with van der Waals surface area (Å²) in [5.41, 5.74) is 5.54. The SMILES string of the molecule is CC[C@H]1N=C(N)C[C@H]1C. The van der Waals surface area contributed by atoms with Crippen LogP contribution in [-0.4, -0.2) is 11.9 Å². The Morgan fingerprint density at radius 3 is 2.67 bits per heavy atom. The molecule has 1 aliphatic heterocycles. The highest BCUT2D eigenvalue weighted by atomic mass is 14.9. The van der Waals surface area contributed by atoms with Crippen LogP contribution in [0.3, 0.4) is 0 Å². The summed E-state index contributed by atoms with van der Waals surface area (Å²) >= 11 is 0. The van der Waals surface area contributed by atoms with Gasteiger partial charge >= 0.3 is 0 Å². The number of amidine groups is 1. The predicted octanol–water partition coefficient (Wildman–Crippen LogP) is 1.16. The molecule has 0 amide bonds. The molecule has 0 radical (unpaired) electrons. The zero-order chi connectivity index (χ0) is 6.85. The molecule has 0 unspecified atom stereocenters. The van der Waals surface area contributed by atoms with Crippen molar-refractivity contribution in [3.05, 3.63) is 0 Å². The smallest absolute Gasteiger partial charge is 0.0944 e. The van der Waals surface area contributed by atoms with Gasteiger partial charge in [-0.1, -0.05) is 13.8 Å². The van der Waals surface area contributed by atoms with Gasteiger partial charge in [0, 0.05) is 6.42 Å². The molecule has 0 aromatic heterocycles. The minimum atomic E-state index is 0.505. The Morgan fingerprint density at radius 1 is 1.78 bits per heavy atom. The first-order valence-electron chi connectivity index (χ1n) is 3.56. The molecule has 0 saturated heterocycles. The molecular formula is C7H14N2. The van der Waals surface area contributed by atoms with Gasteiger partial charge in [-0.3, -0.25) is 4.99 Å². The predicted molar refractivity (Wildman–Crippen MR) is 39.5 cm³/mol. The van der Waals surface area contributed by atoms with E-state index in [1.807, 2.05) is 0 Å². The lowest BCUT2D eigenvalue weighted by Crippen LogP contribution is -2.10. The van der Waals surface area contributed by atoms with Crippen LogP contribution in [0.2, 0.25) is 0 Å². The highest BCUT2D eigenvalue weighted by Crippen LogP contribution is 2.20. The average Bonchev–Trinajstić information content (AvgIpc) is 2.10. The number of aliphatic imine (C=N–C) groups is 1. The summed E-state index contributed by atoms with van der Waals surface area (Å²) in [7, 11) is 0. The molecular weight excluding hydrogens is 112 g/mol. The molecule has 2 nitrogen and oxygen atoms in total. The molecule has 1 aliphatic rings. The van der Waals surface area contributed by atoms with Crippen molar-refractivity contribution in [3.8, 4) is 0 Å². The molecule has 2 heteroatoms. The molecule has 0 fully saturated rings. The van der Waals surface area contributed by atoms with Crippen molar-refractivity contribution < 1.29 is 0 Å². The van der Waals surface area contributed by atoms with Crippen LogP contribution in [0, 0.1) is 5.92 Å². The fourth-order valence-corrected chi connectivity index (χ4v) is 1.35. The van der Waals surface area contributed by atoms with Crippen molar-refractivity contribution in [2.45, 2.75) is 32.7 Å². The Morgan fingerprint density at radius 2 is 2.44 bits per heavy atom. The second-order valence-electron chi connectivity index (χ2n) is 2.78. The largest absolute Gasteiger partial charge is 0.387 e. The second-order valence-corrected chi connectivity index (χ2v) is 2.78. The molecule has 0 aliphatic carbocycles. The third kappa shape index (κ3) is 1.23. The van der Waals surface area contributed by atoms with E-state index in [2.05, 4.69) is 18.8 Å². The molecule has 0 bridgehead atoms. The van der Waals surface area contributed by atoms with Crippen molar-refractivity contribution in [1.29, 1.82) is 0 Å². The lowest BCUT2D eigenvalue weighted by atomic mass is 10.0. The van der Waals surface area contributed by atoms with Gasteiger partial charge < -0.3 is 5.73 Å². The Kier molecular flexibility index (Phi) is 1.74. The Balaban J connectivity index is 2.53. The maximum absolute atomic E-state index is 5.54.